The van der Waals surface area contributed by atoms with E-state index in [0.29, 0.717) is 48.3 Å². The molecule has 2 aliphatic heterocycles. The number of carbonyl (C=O) groups is 2. The van der Waals surface area contributed by atoms with Crippen molar-refractivity contribution in [3.63, 3.8) is 0 Å². The Morgan fingerprint density at radius 2 is 1.84 bits per heavy atom. The molecule has 4 heterocycles. The fourth-order valence-electron chi connectivity index (χ4n) is 5.29. The van der Waals surface area contributed by atoms with Gasteiger partial charge in [0.25, 0.3) is 5.91 Å². The van der Waals surface area contributed by atoms with Crippen LogP contribution in [-0.4, -0.2) is 95.4 Å². The molecule has 45 heavy (non-hydrogen) atoms. The van der Waals surface area contributed by atoms with Crippen LogP contribution in [0, 0.1) is 12.3 Å². The Hall–Kier alpha value is -4.23. The third-order valence-corrected chi connectivity index (χ3v) is 8.25. The molecule has 13 heteroatoms. The van der Waals surface area contributed by atoms with Gasteiger partial charge in [0.1, 0.15) is 22.7 Å². The molecule has 3 aromatic rings. The number of amides is 1. The molecule has 13 nitrogen and oxygen atoms in total. The fraction of sp³-hybridized carbons (Fsp3) is 0.531. The van der Waals surface area contributed by atoms with E-state index in [4.69, 9.17) is 19.9 Å². The summed E-state index contributed by atoms with van der Waals surface area (Å²) in [4.78, 5) is 35.4. The first kappa shape index (κ1) is 32.2. The zero-order valence-electron chi connectivity index (χ0n) is 27.1. The molecule has 0 unspecified atom stereocenters. The Morgan fingerprint density at radius 1 is 1.13 bits per heavy atom. The number of nitrogens with zero attached hydrogens (tertiary/aromatic N) is 6. The van der Waals surface area contributed by atoms with Crippen LogP contribution in [0.25, 0.3) is 5.69 Å². The van der Waals surface area contributed by atoms with Crippen molar-refractivity contribution >= 4 is 29.1 Å². The van der Waals surface area contributed by atoms with E-state index in [1.54, 1.807) is 6.92 Å². The number of likely N-dealkylation sites (N-methyl/N-ethyl adjacent to an activating group) is 1. The first-order chi connectivity index (χ1) is 21.3. The van der Waals surface area contributed by atoms with Gasteiger partial charge in [0.05, 0.1) is 29.9 Å². The van der Waals surface area contributed by atoms with E-state index in [-0.39, 0.29) is 22.6 Å². The van der Waals surface area contributed by atoms with Crippen LogP contribution in [0.3, 0.4) is 0 Å². The number of anilines is 3. The number of nitrogens with one attached hydrogen (secondary N) is 1. The van der Waals surface area contributed by atoms with Crippen molar-refractivity contribution in [2.45, 2.75) is 53.1 Å². The summed E-state index contributed by atoms with van der Waals surface area (Å²) >= 11 is 0. The second-order valence-electron chi connectivity index (χ2n) is 13.2. The molecule has 242 valence electrons. The number of carbonyl (C=O) groups excluding carboxylic acids is 2. The van der Waals surface area contributed by atoms with Gasteiger partial charge in [-0.2, -0.15) is 0 Å². The lowest BCUT2D eigenvalue weighted by Gasteiger charge is -2.35. The maximum Gasteiger partial charge on any atom is 0.360 e. The summed E-state index contributed by atoms with van der Waals surface area (Å²) in [6.45, 7) is 14.6. The molecule has 0 atom stereocenters. The monoisotopic (exact) mass is 620 g/mol. The maximum absolute atomic E-state index is 13.8. The van der Waals surface area contributed by atoms with Gasteiger partial charge in [-0.15, -0.1) is 5.10 Å². The van der Waals surface area contributed by atoms with E-state index < -0.39 is 11.6 Å². The number of aromatic nitrogens is 4. The summed E-state index contributed by atoms with van der Waals surface area (Å²) in [5.41, 5.74) is 8.42. The van der Waals surface area contributed by atoms with Crippen LogP contribution in [-0.2, 0) is 9.47 Å². The van der Waals surface area contributed by atoms with Crippen molar-refractivity contribution in [2.75, 3.05) is 69.0 Å². The lowest BCUT2D eigenvalue weighted by atomic mass is 9.83. The van der Waals surface area contributed by atoms with Crippen molar-refractivity contribution in [1.29, 1.82) is 0 Å². The number of pyridine rings is 1. The Morgan fingerprint density at radius 3 is 2.53 bits per heavy atom. The molecule has 1 amide bonds. The Labute approximate surface area is 264 Å². The van der Waals surface area contributed by atoms with Crippen LogP contribution in [0.2, 0.25) is 0 Å². The molecule has 0 bridgehead atoms. The molecule has 0 radical (unpaired) electrons. The molecule has 0 saturated carbocycles. The van der Waals surface area contributed by atoms with Gasteiger partial charge in [-0.3, -0.25) is 4.79 Å². The van der Waals surface area contributed by atoms with E-state index in [2.05, 4.69) is 44.4 Å². The SMILES string of the molecule is Cc1c(N)ncc(C(=O)Nc2cc(-n3cc(C(=O)OCC4(C)CCOCC4)nn3)ccc2N2CCN(C)CC2)c1OC(C)(C)C. The van der Waals surface area contributed by atoms with Gasteiger partial charge in [0.15, 0.2) is 5.69 Å². The van der Waals surface area contributed by atoms with Crippen LogP contribution < -0.4 is 20.7 Å². The van der Waals surface area contributed by atoms with Crippen molar-refractivity contribution < 1.29 is 23.8 Å². The molecule has 2 aliphatic rings. The second-order valence-corrected chi connectivity index (χ2v) is 13.2. The van der Waals surface area contributed by atoms with Crippen molar-refractivity contribution in [2.24, 2.45) is 5.41 Å². The minimum absolute atomic E-state index is 0.104. The normalized spacial score (nSPS) is 17.2. The van der Waals surface area contributed by atoms with E-state index in [0.717, 1.165) is 44.7 Å². The van der Waals surface area contributed by atoms with Crippen molar-refractivity contribution in [3.8, 4) is 11.4 Å². The Kier molecular flexibility index (Phi) is 9.31. The topological polar surface area (TPSA) is 150 Å². The van der Waals surface area contributed by atoms with Gasteiger partial charge in [-0.1, -0.05) is 12.1 Å². The van der Waals surface area contributed by atoms with Crippen molar-refractivity contribution in [1.82, 2.24) is 24.9 Å². The molecular formula is C32H44N8O5. The van der Waals surface area contributed by atoms with Crippen LogP contribution >= 0.6 is 0 Å². The summed E-state index contributed by atoms with van der Waals surface area (Å²) in [7, 11) is 2.09. The van der Waals surface area contributed by atoms with Crippen LogP contribution in [0.5, 0.6) is 5.75 Å². The maximum atomic E-state index is 13.8. The molecule has 5 rings (SSSR count). The standard InChI is InChI=1S/C32H44N8O5/c1-21-27(45-31(2,3)4)23(18-34-28(21)33)29(41)35-24-17-22(7-8-26(24)39-13-11-38(6)12-14-39)40-19-25(36-37-40)30(42)44-20-32(5)9-15-43-16-10-32/h7-8,17-19H,9-16,20H2,1-6H3,(H2,33,34)(H,35,41). The summed E-state index contributed by atoms with van der Waals surface area (Å²) in [5, 5.41) is 11.4. The number of ether oxygens (including phenoxy) is 3. The quantitative estimate of drug-likeness (QED) is 0.355. The number of hydrogen-bond acceptors (Lipinski definition) is 11. The van der Waals surface area contributed by atoms with Crippen LogP contribution in [0.4, 0.5) is 17.2 Å². The zero-order chi connectivity index (χ0) is 32.4. The number of piperazine rings is 1. The number of benzene rings is 1. The molecule has 2 saturated heterocycles. The highest BCUT2D eigenvalue weighted by Gasteiger charge is 2.30. The molecule has 1 aromatic carbocycles. The second kappa shape index (κ2) is 13.0. The van der Waals surface area contributed by atoms with E-state index in [9.17, 15) is 9.59 Å². The number of nitrogens with two attached hydrogens (primary N) is 1. The number of esters is 1. The average Bonchev–Trinajstić information content (AvgIpc) is 3.49. The average molecular weight is 621 g/mol. The summed E-state index contributed by atoms with van der Waals surface area (Å²) in [6, 6.07) is 5.65. The van der Waals surface area contributed by atoms with Gasteiger partial charge in [0, 0.05) is 56.6 Å². The summed E-state index contributed by atoms with van der Waals surface area (Å²) < 4.78 is 18.7. The number of hydrogen-bond donors (Lipinski definition) is 2. The van der Waals surface area contributed by atoms with Crippen LogP contribution in [0.15, 0.2) is 30.6 Å². The molecule has 3 N–H and O–H groups in total. The highest BCUT2D eigenvalue weighted by molar-refractivity contribution is 6.08. The van der Waals surface area contributed by atoms with Gasteiger partial charge in [-0.25, -0.2) is 14.5 Å². The summed E-state index contributed by atoms with van der Waals surface area (Å²) in [5.74, 6) is -0.233. The first-order valence-electron chi connectivity index (χ1n) is 15.3. The van der Waals surface area contributed by atoms with Gasteiger partial charge >= 0.3 is 5.97 Å². The molecule has 0 spiro atoms. The lowest BCUT2D eigenvalue weighted by Crippen LogP contribution is -2.44. The van der Waals surface area contributed by atoms with Gasteiger partial charge < -0.3 is 35.1 Å². The molecule has 2 aromatic heterocycles. The number of rotatable bonds is 8. The van der Waals surface area contributed by atoms with E-state index >= 15 is 0 Å². The fourth-order valence-corrected chi connectivity index (χ4v) is 5.29. The lowest BCUT2D eigenvalue weighted by molar-refractivity contribution is -0.0204. The summed E-state index contributed by atoms with van der Waals surface area (Å²) in [6.07, 6.45) is 4.63. The first-order valence-corrected chi connectivity index (χ1v) is 15.3. The third kappa shape index (κ3) is 7.71. The molecule has 0 aliphatic carbocycles. The van der Waals surface area contributed by atoms with Crippen molar-refractivity contribution in [3.05, 3.63) is 47.4 Å². The highest BCUT2D eigenvalue weighted by Crippen LogP contribution is 2.34. The Balaban J connectivity index is 1.42. The predicted molar refractivity (Wildman–Crippen MR) is 171 cm³/mol. The largest absolute Gasteiger partial charge is 0.487 e. The third-order valence-electron chi connectivity index (χ3n) is 8.25. The van der Waals surface area contributed by atoms with E-state index in [1.807, 2.05) is 39.0 Å². The molecule has 2 fully saturated rings. The number of nitrogen functional groups attached to an aromatic ring is 1. The smallest absolute Gasteiger partial charge is 0.360 e. The highest BCUT2D eigenvalue weighted by atomic mass is 16.5. The van der Waals surface area contributed by atoms with E-state index in [1.165, 1.54) is 17.1 Å². The predicted octanol–water partition coefficient (Wildman–Crippen LogP) is 3.71. The van der Waals surface area contributed by atoms with Gasteiger partial charge in [-0.05, 0) is 65.8 Å². The van der Waals surface area contributed by atoms with Gasteiger partial charge in [0.2, 0.25) is 0 Å². The zero-order valence-corrected chi connectivity index (χ0v) is 27.1. The molecular weight excluding hydrogens is 576 g/mol. The van der Waals surface area contributed by atoms with Crippen LogP contribution in [0.1, 0.15) is 66.9 Å². The minimum atomic E-state index is -0.563. The minimum Gasteiger partial charge on any atom is -0.487 e. The Bertz CT molecular complexity index is 1530.